The number of H-pyrrole nitrogens is 1. The van der Waals surface area contributed by atoms with E-state index in [1.807, 2.05) is 13.8 Å². The van der Waals surface area contributed by atoms with Crippen molar-refractivity contribution in [2.45, 2.75) is 20.4 Å². The Morgan fingerprint density at radius 1 is 1.56 bits per heavy atom. The number of nitrogens with one attached hydrogen (secondary N) is 1. The predicted octanol–water partition coefficient (Wildman–Crippen LogP) is -0.280. The molecule has 0 spiro atoms. The Balaban J connectivity index is 0.000000606. The number of nitrogens with zero attached hydrogens (tertiary/aromatic N) is 3. The SMILES string of the molecule is CC.Nc1nn(CCO)c(=O)c2[nH]ncc12. The van der Waals surface area contributed by atoms with Gasteiger partial charge in [-0.15, -0.1) is 0 Å². The van der Waals surface area contributed by atoms with Crippen LogP contribution >= 0.6 is 0 Å². The second-order valence-electron chi connectivity index (χ2n) is 2.80. The molecule has 0 fully saturated rings. The Bertz CT molecular complexity index is 516. The molecule has 2 aromatic rings. The number of aliphatic hydroxyl groups excluding tert-OH is 1. The van der Waals surface area contributed by atoms with Crippen molar-refractivity contribution in [1.82, 2.24) is 20.0 Å². The Morgan fingerprint density at radius 3 is 2.88 bits per heavy atom. The van der Waals surface area contributed by atoms with Crippen LogP contribution < -0.4 is 11.3 Å². The molecule has 0 unspecified atom stereocenters. The van der Waals surface area contributed by atoms with E-state index >= 15 is 0 Å². The number of anilines is 1. The maximum atomic E-state index is 11.6. The minimum atomic E-state index is -0.333. The number of aromatic amines is 1. The van der Waals surface area contributed by atoms with Crippen molar-refractivity contribution in [3.63, 3.8) is 0 Å². The molecule has 0 aliphatic rings. The maximum Gasteiger partial charge on any atom is 0.292 e. The van der Waals surface area contributed by atoms with Gasteiger partial charge in [0.1, 0.15) is 5.52 Å². The standard InChI is InChI=1S/C7H9N5O2.C2H6/c8-6-4-3-9-10-5(4)7(14)12(11-6)1-2-13;1-2/h3,13H,1-2H2,(H2,8,11)(H,9,10);1-2H3. The summed E-state index contributed by atoms with van der Waals surface area (Å²) in [6.45, 7) is 3.96. The third-order valence-corrected chi connectivity index (χ3v) is 1.90. The van der Waals surface area contributed by atoms with E-state index in [9.17, 15) is 4.79 Å². The molecule has 0 bridgehead atoms. The van der Waals surface area contributed by atoms with Crippen molar-refractivity contribution in [3.8, 4) is 0 Å². The number of fused-ring (bicyclic) bond motifs is 1. The lowest BCUT2D eigenvalue weighted by molar-refractivity contribution is 0.267. The molecule has 0 saturated heterocycles. The van der Waals surface area contributed by atoms with Crippen LogP contribution in [-0.2, 0) is 6.54 Å². The smallest absolute Gasteiger partial charge is 0.292 e. The average Bonchev–Trinajstić information content (AvgIpc) is 2.78. The lowest BCUT2D eigenvalue weighted by atomic mass is 10.3. The van der Waals surface area contributed by atoms with E-state index in [-0.39, 0.29) is 24.5 Å². The van der Waals surface area contributed by atoms with Gasteiger partial charge in [-0.05, 0) is 0 Å². The molecule has 2 heterocycles. The summed E-state index contributed by atoms with van der Waals surface area (Å²) >= 11 is 0. The molecular weight excluding hydrogens is 210 g/mol. The maximum absolute atomic E-state index is 11.6. The Morgan fingerprint density at radius 2 is 2.25 bits per heavy atom. The molecule has 7 nitrogen and oxygen atoms in total. The minimum absolute atomic E-state index is 0.123. The molecule has 2 aromatic heterocycles. The van der Waals surface area contributed by atoms with Crippen LogP contribution in [0.4, 0.5) is 5.82 Å². The van der Waals surface area contributed by atoms with Gasteiger partial charge < -0.3 is 10.8 Å². The van der Waals surface area contributed by atoms with Crippen LogP contribution in [0.25, 0.3) is 10.9 Å². The average molecular weight is 225 g/mol. The van der Waals surface area contributed by atoms with Gasteiger partial charge in [-0.2, -0.15) is 10.2 Å². The highest BCUT2D eigenvalue weighted by Gasteiger charge is 2.09. The molecule has 4 N–H and O–H groups in total. The molecule has 0 amide bonds. The summed E-state index contributed by atoms with van der Waals surface area (Å²) in [4.78, 5) is 11.6. The third kappa shape index (κ3) is 2.03. The van der Waals surface area contributed by atoms with Gasteiger partial charge in [0.25, 0.3) is 5.56 Å². The number of aromatic nitrogens is 4. The van der Waals surface area contributed by atoms with Crippen LogP contribution in [0.2, 0.25) is 0 Å². The van der Waals surface area contributed by atoms with E-state index in [0.717, 1.165) is 4.68 Å². The second-order valence-corrected chi connectivity index (χ2v) is 2.80. The van der Waals surface area contributed by atoms with Gasteiger partial charge >= 0.3 is 0 Å². The van der Waals surface area contributed by atoms with Crippen molar-refractivity contribution in [2.75, 3.05) is 12.3 Å². The molecule has 0 aliphatic carbocycles. The van der Waals surface area contributed by atoms with Crippen molar-refractivity contribution in [3.05, 3.63) is 16.6 Å². The Labute approximate surface area is 91.9 Å². The summed E-state index contributed by atoms with van der Waals surface area (Å²) in [5.74, 6) is 0.224. The van der Waals surface area contributed by atoms with Gasteiger partial charge in [-0.25, -0.2) is 4.68 Å². The van der Waals surface area contributed by atoms with Crippen LogP contribution in [0.3, 0.4) is 0 Å². The van der Waals surface area contributed by atoms with Gasteiger partial charge in [0, 0.05) is 0 Å². The van der Waals surface area contributed by atoms with E-state index in [1.54, 1.807) is 0 Å². The number of hydrogen-bond donors (Lipinski definition) is 3. The normalized spacial score (nSPS) is 9.94. The van der Waals surface area contributed by atoms with Crippen LogP contribution in [0, 0.1) is 0 Å². The third-order valence-electron chi connectivity index (χ3n) is 1.90. The molecule has 2 rings (SSSR count). The molecular formula is C9H15N5O2. The number of hydrogen-bond acceptors (Lipinski definition) is 5. The molecule has 0 atom stereocenters. The first kappa shape index (κ1) is 12.2. The second kappa shape index (κ2) is 5.26. The van der Waals surface area contributed by atoms with Crippen molar-refractivity contribution in [1.29, 1.82) is 0 Å². The fourth-order valence-electron chi connectivity index (χ4n) is 1.25. The summed E-state index contributed by atoms with van der Waals surface area (Å²) in [5, 5.41) is 19.3. The summed E-state index contributed by atoms with van der Waals surface area (Å²) in [6.07, 6.45) is 1.45. The summed E-state index contributed by atoms with van der Waals surface area (Å²) in [7, 11) is 0. The zero-order chi connectivity index (χ0) is 12.1. The molecule has 16 heavy (non-hydrogen) atoms. The highest BCUT2D eigenvalue weighted by Crippen LogP contribution is 2.10. The van der Waals surface area contributed by atoms with E-state index in [2.05, 4.69) is 15.3 Å². The summed E-state index contributed by atoms with van der Waals surface area (Å²) in [5.41, 5.74) is 5.57. The lowest BCUT2D eigenvalue weighted by Crippen LogP contribution is -2.25. The van der Waals surface area contributed by atoms with Crippen LogP contribution in [-0.4, -0.2) is 31.7 Å². The highest BCUT2D eigenvalue weighted by molar-refractivity contribution is 5.86. The number of rotatable bonds is 2. The molecule has 0 radical (unpaired) electrons. The number of nitrogen functional groups attached to an aromatic ring is 1. The zero-order valence-electron chi connectivity index (χ0n) is 9.27. The summed E-state index contributed by atoms with van der Waals surface area (Å²) in [6, 6.07) is 0. The first-order valence-electron chi connectivity index (χ1n) is 5.04. The van der Waals surface area contributed by atoms with Crippen molar-refractivity contribution in [2.24, 2.45) is 0 Å². The van der Waals surface area contributed by atoms with Crippen LogP contribution in [0.1, 0.15) is 13.8 Å². The molecule has 7 heteroatoms. The Hall–Kier alpha value is -1.89. The van der Waals surface area contributed by atoms with Gasteiger partial charge in [0.2, 0.25) is 0 Å². The topological polar surface area (TPSA) is 110 Å². The Kier molecular flexibility index (Phi) is 4.01. The molecule has 0 aliphatic heterocycles. The lowest BCUT2D eigenvalue weighted by Gasteiger charge is -2.02. The van der Waals surface area contributed by atoms with Crippen LogP contribution in [0.15, 0.2) is 11.0 Å². The van der Waals surface area contributed by atoms with Crippen molar-refractivity contribution < 1.29 is 5.11 Å². The van der Waals surface area contributed by atoms with E-state index < -0.39 is 0 Å². The minimum Gasteiger partial charge on any atom is -0.394 e. The zero-order valence-corrected chi connectivity index (χ0v) is 9.27. The summed E-state index contributed by atoms with van der Waals surface area (Å²) < 4.78 is 1.11. The molecule has 0 aromatic carbocycles. The highest BCUT2D eigenvalue weighted by atomic mass is 16.3. The van der Waals surface area contributed by atoms with E-state index in [4.69, 9.17) is 10.8 Å². The fourth-order valence-corrected chi connectivity index (χ4v) is 1.25. The number of nitrogens with two attached hydrogens (primary N) is 1. The van der Waals surface area contributed by atoms with Crippen LogP contribution in [0.5, 0.6) is 0 Å². The predicted molar refractivity (Wildman–Crippen MR) is 61.0 cm³/mol. The number of aliphatic hydroxyl groups is 1. The van der Waals surface area contributed by atoms with Gasteiger partial charge in [0.05, 0.1) is 24.7 Å². The van der Waals surface area contributed by atoms with Gasteiger partial charge in [0.15, 0.2) is 5.82 Å². The molecule has 88 valence electrons. The quantitative estimate of drug-likeness (QED) is 0.651. The van der Waals surface area contributed by atoms with E-state index in [1.165, 1.54) is 6.20 Å². The van der Waals surface area contributed by atoms with E-state index in [0.29, 0.717) is 10.9 Å². The first-order chi connectivity index (χ1) is 7.74. The largest absolute Gasteiger partial charge is 0.394 e. The van der Waals surface area contributed by atoms with Gasteiger partial charge in [-0.3, -0.25) is 9.89 Å². The van der Waals surface area contributed by atoms with Crippen molar-refractivity contribution >= 4 is 16.7 Å². The monoisotopic (exact) mass is 225 g/mol. The first-order valence-corrected chi connectivity index (χ1v) is 5.04. The molecule has 0 saturated carbocycles. The fraction of sp³-hybridized carbons (Fsp3) is 0.444. The van der Waals surface area contributed by atoms with Gasteiger partial charge in [-0.1, -0.05) is 13.8 Å².